The summed E-state index contributed by atoms with van der Waals surface area (Å²) in [6, 6.07) is 10.7. The fourth-order valence-electron chi connectivity index (χ4n) is 1.88. The van der Waals surface area contributed by atoms with Gasteiger partial charge in [0.25, 0.3) is 0 Å². The summed E-state index contributed by atoms with van der Waals surface area (Å²) in [5, 5.41) is 1.67. The van der Waals surface area contributed by atoms with Gasteiger partial charge in [-0.05, 0) is 17.6 Å². The largest absolute Gasteiger partial charge is 0.0767 e. The van der Waals surface area contributed by atoms with Crippen molar-refractivity contribution in [2.24, 2.45) is 0 Å². The number of benzene rings is 1. The molecule has 0 atom stereocenters. The second-order valence-corrected chi connectivity index (χ2v) is 10.3. The van der Waals surface area contributed by atoms with Gasteiger partial charge >= 0.3 is 0 Å². The average molecular weight is 214 g/mol. The number of hydrogen-bond donors (Lipinski definition) is 0. The molecule has 0 spiro atoms. The summed E-state index contributed by atoms with van der Waals surface area (Å²) in [7, 11) is -1.09. The van der Waals surface area contributed by atoms with E-state index >= 15 is 0 Å². The summed E-state index contributed by atoms with van der Waals surface area (Å²) in [6.07, 6.45) is 5.93. The molecule has 1 heteroatoms. The fraction of sp³-hybridized carbons (Fsp3) is 0.286. The lowest BCUT2D eigenvalue weighted by molar-refractivity contribution is 1.35. The van der Waals surface area contributed by atoms with Crippen molar-refractivity contribution < 1.29 is 0 Å². The summed E-state index contributed by atoms with van der Waals surface area (Å²) < 4.78 is 0. The van der Waals surface area contributed by atoms with Crippen molar-refractivity contribution in [1.82, 2.24) is 0 Å². The Kier molecular flexibility index (Phi) is 2.66. The van der Waals surface area contributed by atoms with Crippen LogP contribution in [-0.2, 0) is 0 Å². The molecule has 0 nitrogen and oxygen atoms in total. The van der Waals surface area contributed by atoms with E-state index in [0.29, 0.717) is 0 Å². The zero-order valence-corrected chi connectivity index (χ0v) is 10.7. The third-order valence-corrected chi connectivity index (χ3v) is 5.22. The maximum Gasteiger partial charge on any atom is 0.0728 e. The minimum absolute atomic E-state index is 1.09. The van der Waals surface area contributed by atoms with E-state index in [2.05, 4.69) is 62.1 Å². The lowest BCUT2D eigenvalue weighted by Crippen LogP contribution is -2.22. The normalized spacial score (nSPS) is 16.2. The van der Waals surface area contributed by atoms with Crippen molar-refractivity contribution in [2.75, 3.05) is 0 Å². The molecule has 0 aromatic heterocycles. The van der Waals surface area contributed by atoms with Crippen molar-refractivity contribution >= 4 is 13.6 Å². The molecule has 0 fully saturated rings. The lowest BCUT2D eigenvalue weighted by Gasteiger charge is -2.17. The second kappa shape index (κ2) is 3.82. The van der Waals surface area contributed by atoms with Crippen LogP contribution in [0.3, 0.4) is 0 Å². The second-order valence-electron chi connectivity index (χ2n) is 5.15. The highest BCUT2D eigenvalue weighted by molar-refractivity contribution is 6.83. The molecule has 0 N–H and O–H groups in total. The van der Waals surface area contributed by atoms with Crippen LogP contribution in [-0.4, -0.2) is 8.07 Å². The predicted molar refractivity (Wildman–Crippen MR) is 70.5 cm³/mol. The van der Waals surface area contributed by atoms with Gasteiger partial charge in [-0.3, -0.25) is 0 Å². The first kappa shape index (κ1) is 10.4. The Labute approximate surface area is 93.3 Å². The number of hydrogen-bond acceptors (Lipinski definition) is 0. The molecule has 1 aliphatic carbocycles. The molecule has 0 unspecified atom stereocenters. The van der Waals surface area contributed by atoms with E-state index in [-0.39, 0.29) is 0 Å². The van der Waals surface area contributed by atoms with E-state index in [9.17, 15) is 0 Å². The molecule has 2 rings (SSSR count). The molecular formula is C14H18Si. The van der Waals surface area contributed by atoms with Crippen LogP contribution < -0.4 is 0 Å². The van der Waals surface area contributed by atoms with E-state index in [4.69, 9.17) is 0 Å². The molecular weight excluding hydrogens is 196 g/mol. The van der Waals surface area contributed by atoms with E-state index in [0.717, 1.165) is 0 Å². The van der Waals surface area contributed by atoms with E-state index in [1.54, 1.807) is 5.20 Å². The topological polar surface area (TPSA) is 0 Å². The third-order valence-electron chi connectivity index (χ3n) is 2.94. The Hall–Kier alpha value is -1.08. The van der Waals surface area contributed by atoms with Crippen molar-refractivity contribution in [3.8, 4) is 0 Å². The summed E-state index contributed by atoms with van der Waals surface area (Å²) >= 11 is 0. The van der Waals surface area contributed by atoms with Gasteiger partial charge in [-0.2, -0.15) is 0 Å². The first-order valence-corrected chi connectivity index (χ1v) is 9.04. The fourth-order valence-corrected chi connectivity index (χ4v) is 3.18. The lowest BCUT2D eigenvalue weighted by atomic mass is 10.1. The van der Waals surface area contributed by atoms with Crippen LogP contribution in [0.4, 0.5) is 0 Å². The first-order chi connectivity index (χ1) is 7.07. The summed E-state index contributed by atoms with van der Waals surface area (Å²) in [5.74, 6) is 0. The monoisotopic (exact) mass is 214 g/mol. The van der Waals surface area contributed by atoms with Gasteiger partial charge in [0.1, 0.15) is 0 Å². The third kappa shape index (κ3) is 2.29. The standard InChI is InChI=1S/C14H18Si/c1-15(2,3)14-10-9-13(11-14)12-7-5-4-6-8-12/h4-9,11H,10H2,1-3H3. The minimum atomic E-state index is -1.09. The zero-order chi connectivity index (χ0) is 10.9. The van der Waals surface area contributed by atoms with Gasteiger partial charge in [0.2, 0.25) is 0 Å². The van der Waals surface area contributed by atoms with Crippen LogP contribution in [0.5, 0.6) is 0 Å². The molecule has 15 heavy (non-hydrogen) atoms. The van der Waals surface area contributed by atoms with E-state index in [1.165, 1.54) is 17.6 Å². The van der Waals surface area contributed by atoms with Crippen molar-refractivity contribution in [2.45, 2.75) is 26.1 Å². The van der Waals surface area contributed by atoms with Gasteiger partial charge in [-0.15, -0.1) is 0 Å². The predicted octanol–water partition coefficient (Wildman–Crippen LogP) is 4.28. The SMILES string of the molecule is C[Si](C)(C)C1=CC(c2ccccc2)=CC1. The summed E-state index contributed by atoms with van der Waals surface area (Å²) in [5.41, 5.74) is 2.76. The van der Waals surface area contributed by atoms with Gasteiger partial charge in [-0.25, -0.2) is 0 Å². The van der Waals surface area contributed by atoms with Crippen molar-refractivity contribution in [3.05, 3.63) is 53.2 Å². The molecule has 0 amide bonds. The van der Waals surface area contributed by atoms with E-state index in [1.807, 2.05) is 0 Å². The smallest absolute Gasteiger partial charge is 0.0728 e. The van der Waals surface area contributed by atoms with Crippen LogP contribution in [0.15, 0.2) is 47.7 Å². The maximum atomic E-state index is 2.42. The molecule has 78 valence electrons. The highest BCUT2D eigenvalue weighted by Crippen LogP contribution is 2.31. The van der Waals surface area contributed by atoms with Crippen LogP contribution in [0, 0.1) is 0 Å². The Morgan fingerprint density at radius 1 is 1.00 bits per heavy atom. The molecule has 0 saturated carbocycles. The molecule has 0 radical (unpaired) electrons. The minimum Gasteiger partial charge on any atom is -0.0767 e. The van der Waals surface area contributed by atoms with Gasteiger partial charge in [0, 0.05) is 0 Å². The Balaban J connectivity index is 2.26. The summed E-state index contributed by atoms with van der Waals surface area (Å²) in [6.45, 7) is 7.25. The highest BCUT2D eigenvalue weighted by Gasteiger charge is 2.21. The van der Waals surface area contributed by atoms with Crippen LogP contribution in [0.1, 0.15) is 12.0 Å². The Bertz CT molecular complexity index is 405. The molecule has 0 saturated heterocycles. The van der Waals surface area contributed by atoms with E-state index < -0.39 is 8.07 Å². The van der Waals surface area contributed by atoms with Gasteiger partial charge in [-0.1, -0.05) is 67.3 Å². The molecule has 1 aliphatic rings. The first-order valence-electron chi connectivity index (χ1n) is 5.54. The van der Waals surface area contributed by atoms with Crippen LogP contribution >= 0.6 is 0 Å². The zero-order valence-electron chi connectivity index (χ0n) is 9.75. The summed E-state index contributed by atoms with van der Waals surface area (Å²) in [4.78, 5) is 0. The highest BCUT2D eigenvalue weighted by atomic mass is 28.3. The Morgan fingerprint density at radius 3 is 2.20 bits per heavy atom. The molecule has 0 bridgehead atoms. The Morgan fingerprint density at radius 2 is 1.67 bits per heavy atom. The van der Waals surface area contributed by atoms with Crippen LogP contribution in [0.2, 0.25) is 19.6 Å². The number of rotatable bonds is 2. The molecule has 0 heterocycles. The van der Waals surface area contributed by atoms with Gasteiger partial charge in [0.15, 0.2) is 0 Å². The molecule has 1 aromatic carbocycles. The van der Waals surface area contributed by atoms with Crippen molar-refractivity contribution in [1.29, 1.82) is 0 Å². The van der Waals surface area contributed by atoms with Crippen molar-refractivity contribution in [3.63, 3.8) is 0 Å². The quantitative estimate of drug-likeness (QED) is 0.645. The van der Waals surface area contributed by atoms with Gasteiger partial charge in [0.05, 0.1) is 8.07 Å². The van der Waals surface area contributed by atoms with Crippen LogP contribution in [0.25, 0.3) is 5.57 Å². The van der Waals surface area contributed by atoms with Gasteiger partial charge < -0.3 is 0 Å². The number of allylic oxidation sites excluding steroid dienone is 4. The maximum absolute atomic E-state index is 2.42. The molecule has 0 aliphatic heterocycles. The molecule has 1 aromatic rings. The average Bonchev–Trinajstić information content (AvgIpc) is 2.67.